The predicted molar refractivity (Wildman–Crippen MR) is 84.1 cm³/mol. The molecule has 0 saturated heterocycles. The van der Waals surface area contributed by atoms with E-state index in [1.54, 1.807) is 0 Å². The van der Waals surface area contributed by atoms with Crippen LogP contribution in [0.2, 0.25) is 0 Å². The van der Waals surface area contributed by atoms with Crippen molar-refractivity contribution in [2.75, 3.05) is 0 Å². The van der Waals surface area contributed by atoms with Gasteiger partial charge in [0.15, 0.2) is 0 Å². The molecule has 0 aromatic heterocycles. The van der Waals surface area contributed by atoms with Gasteiger partial charge in [-0.05, 0) is 40.5 Å². The first-order chi connectivity index (χ1) is 8.98. The van der Waals surface area contributed by atoms with Crippen molar-refractivity contribution < 1.29 is 4.79 Å². The lowest BCUT2D eigenvalue weighted by Crippen LogP contribution is -2.45. The third-order valence-electron chi connectivity index (χ3n) is 3.97. The van der Waals surface area contributed by atoms with Crippen LogP contribution < -0.4 is 5.43 Å². The predicted octanol–water partition coefficient (Wildman–Crippen LogP) is 2.97. The number of hydrogen-bond donors (Lipinski definition) is 1. The first-order valence-electron chi connectivity index (χ1n) is 6.59. The van der Waals surface area contributed by atoms with Gasteiger partial charge < -0.3 is 5.43 Å². The maximum Gasteiger partial charge on any atom is 0.144 e. The lowest BCUT2D eigenvalue weighted by molar-refractivity contribution is -0.126. The second kappa shape index (κ2) is 4.58. The molecule has 0 amide bonds. The fraction of sp³-hybridized carbons (Fsp3) is 0.467. The van der Waals surface area contributed by atoms with Crippen LogP contribution in [0.15, 0.2) is 29.4 Å². The number of halogens is 1. The first kappa shape index (κ1) is 13.1. The van der Waals surface area contributed by atoms with Crippen LogP contribution in [0.3, 0.4) is 0 Å². The van der Waals surface area contributed by atoms with E-state index >= 15 is 0 Å². The largest absolute Gasteiger partial charge is 0.306 e. The van der Waals surface area contributed by atoms with Crippen molar-refractivity contribution in [2.45, 2.75) is 32.7 Å². The normalized spacial score (nSPS) is 28.6. The molecule has 4 heteroatoms. The quantitative estimate of drug-likeness (QED) is 0.775. The summed E-state index contributed by atoms with van der Waals surface area (Å²) in [5.41, 5.74) is 5.29. The first-order valence-corrected chi connectivity index (χ1v) is 7.66. The zero-order chi connectivity index (χ0) is 13.6. The van der Waals surface area contributed by atoms with Gasteiger partial charge in [-0.2, -0.15) is 5.10 Å². The molecule has 1 fully saturated rings. The molecule has 1 aliphatic carbocycles. The molecule has 2 aliphatic rings. The van der Waals surface area contributed by atoms with E-state index < -0.39 is 0 Å². The maximum absolute atomic E-state index is 12.5. The Hall–Kier alpha value is -0.910. The summed E-state index contributed by atoms with van der Waals surface area (Å²) >= 11 is 2.31. The van der Waals surface area contributed by atoms with Gasteiger partial charge in [0.2, 0.25) is 0 Å². The Labute approximate surface area is 127 Å². The third kappa shape index (κ3) is 2.30. The fourth-order valence-corrected chi connectivity index (χ4v) is 3.84. The summed E-state index contributed by atoms with van der Waals surface area (Å²) in [4.78, 5) is 12.5. The number of nitrogens with one attached hydrogen (secondary N) is 1. The monoisotopic (exact) mass is 368 g/mol. The van der Waals surface area contributed by atoms with Crippen molar-refractivity contribution in [2.24, 2.45) is 16.4 Å². The molecule has 2 atom stereocenters. The number of Topliss-reactive ketones (excluding diaryl/α,β-unsaturated/α-hetero) is 1. The lowest BCUT2D eigenvalue weighted by Gasteiger charge is -2.36. The molecule has 0 radical (unpaired) electrons. The van der Waals surface area contributed by atoms with E-state index in [9.17, 15) is 4.79 Å². The molecule has 1 aromatic carbocycles. The summed E-state index contributed by atoms with van der Waals surface area (Å²) in [7, 11) is 0. The average Bonchev–Trinajstić information content (AvgIpc) is 2.71. The third-order valence-corrected chi connectivity index (χ3v) is 4.91. The highest BCUT2D eigenvalue weighted by atomic mass is 127. The van der Waals surface area contributed by atoms with E-state index in [0.717, 1.165) is 21.3 Å². The van der Waals surface area contributed by atoms with Gasteiger partial charge in [-0.25, -0.2) is 0 Å². The highest BCUT2D eigenvalue weighted by molar-refractivity contribution is 14.1. The van der Waals surface area contributed by atoms with Gasteiger partial charge in [0.05, 0.1) is 17.7 Å². The summed E-state index contributed by atoms with van der Waals surface area (Å²) in [6, 6.07) is 8.30. The second-order valence-corrected chi connectivity index (χ2v) is 7.36. The van der Waals surface area contributed by atoms with E-state index in [4.69, 9.17) is 0 Å². The van der Waals surface area contributed by atoms with E-state index in [-0.39, 0.29) is 17.4 Å². The van der Waals surface area contributed by atoms with Gasteiger partial charge in [0.25, 0.3) is 0 Å². The van der Waals surface area contributed by atoms with Crippen molar-refractivity contribution in [1.29, 1.82) is 0 Å². The van der Waals surface area contributed by atoms with E-state index in [2.05, 4.69) is 59.1 Å². The Morgan fingerprint density at radius 1 is 1.37 bits per heavy atom. The smallest absolute Gasteiger partial charge is 0.144 e. The Morgan fingerprint density at radius 2 is 2.11 bits per heavy atom. The van der Waals surface area contributed by atoms with Crippen molar-refractivity contribution in [3.05, 3.63) is 33.4 Å². The minimum Gasteiger partial charge on any atom is -0.306 e. The van der Waals surface area contributed by atoms with Crippen LogP contribution in [0.4, 0.5) is 0 Å². The van der Waals surface area contributed by atoms with Gasteiger partial charge in [0, 0.05) is 15.6 Å². The molecule has 1 N–H and O–H groups in total. The Bertz CT molecular complexity index is 565. The van der Waals surface area contributed by atoms with Crippen LogP contribution in [0, 0.1) is 14.9 Å². The molecule has 1 aliphatic heterocycles. The van der Waals surface area contributed by atoms with Gasteiger partial charge in [-0.15, -0.1) is 0 Å². The number of carbonyl (C=O) groups excluding carboxylic acids is 1. The van der Waals surface area contributed by atoms with Gasteiger partial charge in [0.1, 0.15) is 5.78 Å². The zero-order valence-electron chi connectivity index (χ0n) is 11.1. The summed E-state index contributed by atoms with van der Waals surface area (Å²) in [6.45, 7) is 4.32. The number of rotatable bonds is 1. The average molecular weight is 368 g/mol. The minimum atomic E-state index is -0.0658. The van der Waals surface area contributed by atoms with Crippen LogP contribution in [0.25, 0.3) is 0 Å². The molecule has 1 heterocycles. The van der Waals surface area contributed by atoms with Crippen molar-refractivity contribution in [1.82, 2.24) is 5.43 Å². The molecule has 0 spiro atoms. The van der Waals surface area contributed by atoms with Crippen LogP contribution >= 0.6 is 22.6 Å². The molecule has 1 aromatic rings. The number of hydrogen-bond acceptors (Lipinski definition) is 3. The summed E-state index contributed by atoms with van der Waals surface area (Å²) < 4.78 is 1.15. The fourth-order valence-electron chi connectivity index (χ4n) is 3.17. The molecule has 0 bridgehead atoms. The number of fused-ring (bicyclic) bond motifs is 1. The number of hydrazone groups is 1. The highest BCUT2D eigenvalue weighted by Crippen LogP contribution is 2.39. The minimum absolute atomic E-state index is 0.0658. The van der Waals surface area contributed by atoms with Crippen LogP contribution in [0.5, 0.6) is 0 Å². The number of nitrogens with zero attached hydrogens (tertiary/aromatic N) is 1. The van der Waals surface area contributed by atoms with Crippen molar-refractivity contribution in [3.8, 4) is 0 Å². The molecular weight excluding hydrogens is 351 g/mol. The molecule has 1 saturated carbocycles. The molecule has 3 rings (SSSR count). The van der Waals surface area contributed by atoms with E-state index in [1.807, 2.05) is 12.1 Å². The van der Waals surface area contributed by atoms with Crippen LogP contribution in [-0.2, 0) is 4.79 Å². The van der Waals surface area contributed by atoms with Gasteiger partial charge in [-0.1, -0.05) is 32.0 Å². The zero-order valence-corrected chi connectivity index (χ0v) is 13.3. The summed E-state index contributed by atoms with van der Waals surface area (Å²) in [5.74, 6) is 0.258. The maximum atomic E-state index is 12.5. The van der Waals surface area contributed by atoms with Crippen molar-refractivity contribution in [3.63, 3.8) is 0 Å². The van der Waals surface area contributed by atoms with E-state index in [1.165, 1.54) is 0 Å². The standard InChI is InChI=1S/C15H17IN2O/c1-15(2)7-11-13(12(19)8-15)14(18-17-11)9-5-3-4-6-10(9)16/h3-6,11,13,17H,7-8H2,1-2H3/t11-,13+/m0/s1. The molecule has 3 nitrogen and oxygen atoms in total. The number of carbonyl (C=O) groups is 1. The van der Waals surface area contributed by atoms with Gasteiger partial charge in [-0.3, -0.25) is 4.79 Å². The second-order valence-electron chi connectivity index (χ2n) is 6.20. The summed E-state index contributed by atoms with van der Waals surface area (Å²) in [5, 5.41) is 4.47. The molecule has 100 valence electrons. The topological polar surface area (TPSA) is 41.5 Å². The Kier molecular flexibility index (Phi) is 3.15. The van der Waals surface area contributed by atoms with Gasteiger partial charge >= 0.3 is 0 Å². The lowest BCUT2D eigenvalue weighted by atomic mass is 9.68. The van der Waals surface area contributed by atoms with Crippen molar-refractivity contribution >= 4 is 34.1 Å². The van der Waals surface area contributed by atoms with Crippen LogP contribution in [-0.4, -0.2) is 17.5 Å². The highest BCUT2D eigenvalue weighted by Gasteiger charge is 2.46. The Morgan fingerprint density at radius 3 is 2.84 bits per heavy atom. The van der Waals surface area contributed by atoms with E-state index in [0.29, 0.717) is 12.2 Å². The number of benzene rings is 1. The molecule has 19 heavy (non-hydrogen) atoms. The molecule has 0 unspecified atom stereocenters. The summed E-state index contributed by atoms with van der Waals surface area (Å²) in [6.07, 6.45) is 1.65. The number of ketones is 1. The molecular formula is C15H17IN2O. The van der Waals surface area contributed by atoms with Crippen LogP contribution in [0.1, 0.15) is 32.3 Å². The SMILES string of the molecule is CC1(C)CC(=O)[C@@H]2C(c3ccccc3I)=NN[C@H]2C1. The Balaban J connectivity index is 1.95.